The van der Waals surface area contributed by atoms with Gasteiger partial charge in [-0.15, -0.1) is 0 Å². The zero-order chi connectivity index (χ0) is 15.6. The van der Waals surface area contributed by atoms with Gasteiger partial charge in [-0.25, -0.2) is 0 Å². The average Bonchev–Trinajstić information content (AvgIpc) is 2.50. The third-order valence-corrected chi connectivity index (χ3v) is 3.34. The molecular weight excluding hydrogens is 270 g/mol. The van der Waals surface area contributed by atoms with Crippen molar-refractivity contribution in [1.29, 1.82) is 0 Å². The van der Waals surface area contributed by atoms with Gasteiger partial charge in [0, 0.05) is 32.8 Å². The van der Waals surface area contributed by atoms with E-state index in [1.807, 2.05) is 7.05 Å². The Morgan fingerprint density at radius 3 is 1.67 bits per heavy atom. The molecule has 128 valence electrons. The van der Waals surface area contributed by atoms with Crippen molar-refractivity contribution in [2.75, 3.05) is 40.0 Å². The van der Waals surface area contributed by atoms with Crippen LogP contribution in [0.1, 0.15) is 57.8 Å². The van der Waals surface area contributed by atoms with Gasteiger partial charge in [0.05, 0.1) is 0 Å². The maximum atomic E-state index is 8.71. The fourth-order valence-electron chi connectivity index (χ4n) is 2.04. The second-order valence-corrected chi connectivity index (χ2v) is 5.34. The molecule has 5 heteroatoms. The first-order valence-electron chi connectivity index (χ1n) is 8.44. The fourth-order valence-corrected chi connectivity index (χ4v) is 2.04. The van der Waals surface area contributed by atoms with Gasteiger partial charge in [-0.3, -0.25) is 0 Å². The van der Waals surface area contributed by atoms with Crippen LogP contribution in [0, 0.1) is 0 Å². The summed E-state index contributed by atoms with van der Waals surface area (Å²) >= 11 is 0. The van der Waals surface area contributed by atoms with Gasteiger partial charge in [-0.05, 0) is 39.3 Å². The Morgan fingerprint density at radius 1 is 0.762 bits per heavy atom. The van der Waals surface area contributed by atoms with Crippen LogP contribution >= 0.6 is 0 Å². The predicted octanol–water partition coefficient (Wildman–Crippen LogP) is 2.06. The number of rotatable bonds is 17. The largest absolute Gasteiger partial charge is 0.396 e. The number of hydrogen-bond acceptors (Lipinski definition) is 5. The second kappa shape index (κ2) is 17.9. The minimum absolute atomic E-state index is 0.117. The van der Waals surface area contributed by atoms with Crippen LogP contribution in [0.4, 0.5) is 0 Å². The smallest absolute Gasteiger partial charge is 0.158 e. The van der Waals surface area contributed by atoms with Crippen LogP contribution in [0.3, 0.4) is 0 Å². The average molecular weight is 305 g/mol. The molecule has 0 heterocycles. The Kier molecular flexibility index (Phi) is 17.7. The van der Waals surface area contributed by atoms with Crippen molar-refractivity contribution in [2.45, 2.75) is 64.1 Å². The molecule has 0 fully saturated rings. The lowest BCUT2D eigenvalue weighted by Gasteiger charge is -2.18. The van der Waals surface area contributed by atoms with Gasteiger partial charge in [-0.2, -0.15) is 0 Å². The van der Waals surface area contributed by atoms with Crippen molar-refractivity contribution in [3.05, 3.63) is 0 Å². The van der Waals surface area contributed by atoms with Crippen molar-refractivity contribution in [3.63, 3.8) is 0 Å². The molecule has 0 spiro atoms. The molecule has 0 bridgehead atoms. The van der Waals surface area contributed by atoms with Crippen molar-refractivity contribution in [2.24, 2.45) is 0 Å². The minimum atomic E-state index is -0.117. The summed E-state index contributed by atoms with van der Waals surface area (Å²) in [4.78, 5) is 0. The van der Waals surface area contributed by atoms with E-state index in [0.29, 0.717) is 0 Å². The second-order valence-electron chi connectivity index (χ2n) is 5.34. The van der Waals surface area contributed by atoms with Crippen molar-refractivity contribution in [3.8, 4) is 0 Å². The first kappa shape index (κ1) is 20.8. The topological polar surface area (TPSA) is 71.0 Å². The van der Waals surface area contributed by atoms with Crippen LogP contribution in [-0.4, -0.2) is 56.5 Å². The molecule has 3 N–H and O–H groups in total. The van der Waals surface area contributed by atoms with Gasteiger partial charge >= 0.3 is 0 Å². The monoisotopic (exact) mass is 305 g/mol. The quantitative estimate of drug-likeness (QED) is 0.283. The molecule has 0 amide bonds. The molecule has 0 atom stereocenters. The first-order chi connectivity index (χ1) is 10.3. The van der Waals surface area contributed by atoms with Crippen LogP contribution in [0.15, 0.2) is 0 Å². The van der Waals surface area contributed by atoms with Crippen molar-refractivity contribution >= 4 is 0 Å². The first-order valence-corrected chi connectivity index (χ1v) is 8.44. The number of aliphatic hydroxyl groups excluding tert-OH is 2. The van der Waals surface area contributed by atoms with Crippen molar-refractivity contribution < 1.29 is 19.7 Å². The lowest BCUT2D eigenvalue weighted by atomic mass is 10.2. The molecule has 0 aliphatic rings. The molecule has 5 nitrogen and oxygen atoms in total. The van der Waals surface area contributed by atoms with Crippen LogP contribution < -0.4 is 5.32 Å². The summed E-state index contributed by atoms with van der Waals surface area (Å²) in [7, 11) is 1.93. The summed E-state index contributed by atoms with van der Waals surface area (Å²) in [6.07, 6.45) is 8.88. The number of hydrogen-bond donors (Lipinski definition) is 3. The lowest BCUT2D eigenvalue weighted by molar-refractivity contribution is -0.146. The molecule has 0 aromatic rings. The van der Waals surface area contributed by atoms with Gasteiger partial charge < -0.3 is 25.0 Å². The van der Waals surface area contributed by atoms with Gasteiger partial charge in [0.15, 0.2) is 6.29 Å². The summed E-state index contributed by atoms with van der Waals surface area (Å²) in [5.74, 6) is 0. The third kappa shape index (κ3) is 16.0. The number of unbranched alkanes of at least 4 members (excludes halogenated alkanes) is 6. The zero-order valence-electron chi connectivity index (χ0n) is 13.7. The highest BCUT2D eigenvalue weighted by Crippen LogP contribution is 2.07. The summed E-state index contributed by atoms with van der Waals surface area (Å²) in [6.45, 7) is 2.91. The predicted molar refractivity (Wildman–Crippen MR) is 85.3 cm³/mol. The van der Waals surface area contributed by atoms with Gasteiger partial charge in [0.1, 0.15) is 0 Å². The maximum Gasteiger partial charge on any atom is 0.158 e. The summed E-state index contributed by atoms with van der Waals surface area (Å²) in [6, 6.07) is 0. The van der Waals surface area contributed by atoms with E-state index in [4.69, 9.17) is 19.7 Å². The van der Waals surface area contributed by atoms with Gasteiger partial charge in [-0.1, -0.05) is 25.7 Å². The highest BCUT2D eigenvalue weighted by atomic mass is 16.7. The molecule has 0 saturated heterocycles. The Labute approximate surface area is 130 Å². The molecular formula is C16H35NO4. The summed E-state index contributed by atoms with van der Waals surface area (Å²) < 4.78 is 11.6. The third-order valence-electron chi connectivity index (χ3n) is 3.34. The maximum absolute atomic E-state index is 8.71. The van der Waals surface area contributed by atoms with Gasteiger partial charge in [0.25, 0.3) is 0 Å². The molecule has 0 aliphatic heterocycles. The van der Waals surface area contributed by atoms with E-state index in [0.717, 1.165) is 77.5 Å². The fraction of sp³-hybridized carbons (Fsp3) is 1.00. The summed E-state index contributed by atoms with van der Waals surface area (Å²) in [5.41, 5.74) is 0. The molecule has 0 radical (unpaired) electrons. The zero-order valence-corrected chi connectivity index (χ0v) is 13.7. The molecule has 0 saturated carbocycles. The Hall–Kier alpha value is -0.200. The van der Waals surface area contributed by atoms with E-state index in [1.54, 1.807) is 0 Å². The number of nitrogens with one attached hydrogen (secondary N) is 1. The van der Waals surface area contributed by atoms with Crippen LogP contribution in [-0.2, 0) is 9.47 Å². The number of ether oxygens (including phenoxy) is 2. The normalized spacial score (nSPS) is 11.4. The van der Waals surface area contributed by atoms with E-state index in [-0.39, 0.29) is 19.5 Å². The molecule has 0 aliphatic carbocycles. The molecule has 0 aromatic carbocycles. The van der Waals surface area contributed by atoms with Crippen LogP contribution in [0.2, 0.25) is 0 Å². The minimum Gasteiger partial charge on any atom is -0.396 e. The molecule has 21 heavy (non-hydrogen) atoms. The van der Waals surface area contributed by atoms with E-state index in [2.05, 4.69) is 5.32 Å². The van der Waals surface area contributed by atoms with Crippen LogP contribution in [0.25, 0.3) is 0 Å². The van der Waals surface area contributed by atoms with E-state index in [1.165, 1.54) is 0 Å². The molecule has 0 rings (SSSR count). The standard InChI is InChI=1S/C16H35NO4/c1-17-11-10-16(20-14-8-4-2-6-12-18)21-15-9-5-3-7-13-19/h16-19H,2-15H2,1H3. The SMILES string of the molecule is CNCCC(OCCCCCCO)OCCCCCCO. The van der Waals surface area contributed by atoms with Crippen LogP contribution in [0.5, 0.6) is 0 Å². The molecule has 0 unspecified atom stereocenters. The highest BCUT2D eigenvalue weighted by Gasteiger charge is 2.08. The Morgan fingerprint density at radius 2 is 1.24 bits per heavy atom. The molecule has 0 aromatic heterocycles. The van der Waals surface area contributed by atoms with E-state index in [9.17, 15) is 0 Å². The Balaban J connectivity index is 3.56. The van der Waals surface area contributed by atoms with E-state index >= 15 is 0 Å². The summed E-state index contributed by atoms with van der Waals surface area (Å²) in [5, 5.41) is 20.5. The van der Waals surface area contributed by atoms with Gasteiger partial charge in [0.2, 0.25) is 0 Å². The lowest BCUT2D eigenvalue weighted by Crippen LogP contribution is -2.24. The highest BCUT2D eigenvalue weighted by molar-refractivity contribution is 4.51. The van der Waals surface area contributed by atoms with E-state index < -0.39 is 0 Å². The Bertz CT molecular complexity index is 177. The van der Waals surface area contributed by atoms with Crippen molar-refractivity contribution in [1.82, 2.24) is 5.32 Å². The number of aliphatic hydroxyl groups is 2.